The van der Waals surface area contributed by atoms with Crippen molar-refractivity contribution in [2.75, 3.05) is 6.61 Å². The molecule has 4 heteroatoms. The van der Waals surface area contributed by atoms with Crippen LogP contribution >= 0.6 is 15.9 Å². The zero-order chi connectivity index (χ0) is 14.5. The Morgan fingerprint density at radius 1 is 1.20 bits per heavy atom. The van der Waals surface area contributed by atoms with Crippen molar-refractivity contribution in [3.8, 4) is 5.75 Å². The van der Waals surface area contributed by atoms with Crippen LogP contribution in [0.15, 0.2) is 46.9 Å². The van der Waals surface area contributed by atoms with Crippen LogP contribution in [0.1, 0.15) is 30.5 Å². The first-order valence-corrected chi connectivity index (χ1v) is 7.35. The fraction of sp³-hybridized carbons (Fsp3) is 0.250. The summed E-state index contributed by atoms with van der Waals surface area (Å²) in [4.78, 5) is 0. The van der Waals surface area contributed by atoms with Crippen molar-refractivity contribution in [1.82, 2.24) is 0 Å². The third kappa shape index (κ3) is 3.38. The number of halogens is 2. The van der Waals surface area contributed by atoms with E-state index in [-0.39, 0.29) is 5.82 Å². The van der Waals surface area contributed by atoms with Gasteiger partial charge in [-0.15, -0.1) is 0 Å². The maximum Gasteiger partial charge on any atom is 0.129 e. The number of hydrogen-bond donors (Lipinski definition) is 1. The van der Waals surface area contributed by atoms with Gasteiger partial charge in [-0.25, -0.2) is 4.39 Å². The first-order valence-electron chi connectivity index (χ1n) is 6.55. The van der Waals surface area contributed by atoms with Gasteiger partial charge in [0.25, 0.3) is 0 Å². The minimum atomic E-state index is -0.545. The molecule has 0 aromatic heterocycles. The molecule has 0 amide bonds. The lowest BCUT2D eigenvalue weighted by atomic mass is 9.98. The van der Waals surface area contributed by atoms with Crippen LogP contribution in [0.2, 0.25) is 0 Å². The van der Waals surface area contributed by atoms with E-state index < -0.39 is 6.04 Å². The molecule has 2 rings (SSSR count). The molecule has 0 saturated heterocycles. The lowest BCUT2D eigenvalue weighted by Gasteiger charge is -2.18. The van der Waals surface area contributed by atoms with Crippen molar-refractivity contribution in [3.63, 3.8) is 0 Å². The largest absolute Gasteiger partial charge is 0.493 e. The van der Waals surface area contributed by atoms with Gasteiger partial charge < -0.3 is 10.5 Å². The van der Waals surface area contributed by atoms with Crippen LogP contribution in [0.25, 0.3) is 0 Å². The zero-order valence-electron chi connectivity index (χ0n) is 11.3. The van der Waals surface area contributed by atoms with E-state index in [1.54, 1.807) is 12.1 Å². The molecule has 2 N–H and O–H groups in total. The van der Waals surface area contributed by atoms with Crippen LogP contribution in [0.4, 0.5) is 4.39 Å². The second-order valence-corrected chi connectivity index (χ2v) is 5.45. The van der Waals surface area contributed by atoms with Crippen molar-refractivity contribution in [3.05, 3.63) is 63.9 Å². The number of hydrogen-bond acceptors (Lipinski definition) is 2. The van der Waals surface area contributed by atoms with E-state index in [1.165, 1.54) is 6.07 Å². The summed E-state index contributed by atoms with van der Waals surface area (Å²) in [6.45, 7) is 2.66. The van der Waals surface area contributed by atoms with Gasteiger partial charge in [0.1, 0.15) is 11.6 Å². The predicted molar refractivity (Wildman–Crippen MR) is 82.4 cm³/mol. The standard InChI is InChI=1S/C16H17BrFNO/c1-2-9-20-15-6-4-3-5-13(15)16(19)12-8-7-11(17)10-14(12)18/h3-8,10,16H,2,9,19H2,1H3. The molecule has 0 aliphatic heterocycles. The molecule has 0 radical (unpaired) electrons. The lowest BCUT2D eigenvalue weighted by Crippen LogP contribution is -2.15. The summed E-state index contributed by atoms with van der Waals surface area (Å²) in [5.41, 5.74) is 7.46. The summed E-state index contributed by atoms with van der Waals surface area (Å²) in [5, 5.41) is 0. The first kappa shape index (κ1) is 15.0. The molecule has 2 nitrogen and oxygen atoms in total. The van der Waals surface area contributed by atoms with E-state index in [0.717, 1.165) is 12.0 Å². The summed E-state index contributed by atoms with van der Waals surface area (Å²) >= 11 is 3.24. The Morgan fingerprint density at radius 2 is 1.95 bits per heavy atom. The highest BCUT2D eigenvalue weighted by atomic mass is 79.9. The molecule has 0 heterocycles. The minimum Gasteiger partial charge on any atom is -0.493 e. The summed E-state index contributed by atoms with van der Waals surface area (Å²) in [6, 6.07) is 11.9. The summed E-state index contributed by atoms with van der Waals surface area (Å²) in [6.07, 6.45) is 0.913. The molecule has 0 fully saturated rings. The maximum absolute atomic E-state index is 14.0. The van der Waals surface area contributed by atoms with Crippen LogP contribution in [0.5, 0.6) is 5.75 Å². The van der Waals surface area contributed by atoms with E-state index >= 15 is 0 Å². The quantitative estimate of drug-likeness (QED) is 0.876. The van der Waals surface area contributed by atoms with E-state index in [0.29, 0.717) is 22.4 Å². The smallest absolute Gasteiger partial charge is 0.129 e. The molecule has 1 unspecified atom stereocenters. The Labute approximate surface area is 126 Å². The molecule has 0 aliphatic carbocycles. The average molecular weight is 338 g/mol. The van der Waals surface area contributed by atoms with Gasteiger partial charge in [0.15, 0.2) is 0 Å². The summed E-state index contributed by atoms with van der Waals surface area (Å²) in [5.74, 6) is 0.390. The fourth-order valence-corrected chi connectivity index (χ4v) is 2.34. The molecule has 0 spiro atoms. The zero-order valence-corrected chi connectivity index (χ0v) is 12.9. The van der Waals surface area contributed by atoms with E-state index in [1.807, 2.05) is 31.2 Å². The predicted octanol–water partition coefficient (Wildman–Crippen LogP) is 4.43. The van der Waals surface area contributed by atoms with Crippen molar-refractivity contribution in [2.24, 2.45) is 5.73 Å². The minimum absolute atomic E-state index is 0.322. The highest BCUT2D eigenvalue weighted by Gasteiger charge is 2.17. The lowest BCUT2D eigenvalue weighted by molar-refractivity contribution is 0.313. The normalized spacial score (nSPS) is 12.2. The molecule has 20 heavy (non-hydrogen) atoms. The highest BCUT2D eigenvalue weighted by Crippen LogP contribution is 2.30. The van der Waals surface area contributed by atoms with Crippen LogP contribution in [-0.2, 0) is 0 Å². The second kappa shape index (κ2) is 6.86. The molecule has 0 aliphatic rings. The number of para-hydroxylation sites is 1. The van der Waals surface area contributed by atoms with Crippen LogP contribution < -0.4 is 10.5 Å². The van der Waals surface area contributed by atoms with Crippen molar-refractivity contribution in [1.29, 1.82) is 0 Å². The molecule has 2 aromatic rings. The van der Waals surface area contributed by atoms with Crippen LogP contribution in [0, 0.1) is 5.82 Å². The maximum atomic E-state index is 14.0. The van der Waals surface area contributed by atoms with E-state index in [4.69, 9.17) is 10.5 Å². The summed E-state index contributed by atoms with van der Waals surface area (Å²) in [7, 11) is 0. The fourth-order valence-electron chi connectivity index (χ4n) is 2.00. The number of benzene rings is 2. The molecule has 0 saturated carbocycles. The first-order chi connectivity index (χ1) is 9.63. The Kier molecular flexibility index (Phi) is 5.15. The molecular weight excluding hydrogens is 321 g/mol. The van der Waals surface area contributed by atoms with Crippen LogP contribution in [0.3, 0.4) is 0 Å². The number of nitrogens with two attached hydrogens (primary N) is 1. The Bertz CT molecular complexity index is 588. The van der Waals surface area contributed by atoms with Gasteiger partial charge in [-0.1, -0.05) is 47.1 Å². The average Bonchev–Trinajstić information content (AvgIpc) is 2.45. The van der Waals surface area contributed by atoms with Gasteiger partial charge in [-0.2, -0.15) is 0 Å². The van der Waals surface area contributed by atoms with Gasteiger partial charge in [-0.05, 0) is 24.6 Å². The van der Waals surface area contributed by atoms with E-state index in [2.05, 4.69) is 15.9 Å². The van der Waals surface area contributed by atoms with Crippen molar-refractivity contribution in [2.45, 2.75) is 19.4 Å². The molecule has 2 aromatic carbocycles. The molecule has 0 bridgehead atoms. The molecular formula is C16H17BrFNO. The van der Waals surface area contributed by atoms with Gasteiger partial charge in [0.05, 0.1) is 12.6 Å². The van der Waals surface area contributed by atoms with Gasteiger partial charge in [0, 0.05) is 15.6 Å². The number of rotatable bonds is 5. The Balaban J connectivity index is 2.35. The monoisotopic (exact) mass is 337 g/mol. The van der Waals surface area contributed by atoms with Crippen LogP contribution in [-0.4, -0.2) is 6.61 Å². The van der Waals surface area contributed by atoms with Gasteiger partial charge in [-0.3, -0.25) is 0 Å². The molecule has 106 valence electrons. The van der Waals surface area contributed by atoms with E-state index in [9.17, 15) is 4.39 Å². The highest BCUT2D eigenvalue weighted by molar-refractivity contribution is 9.10. The topological polar surface area (TPSA) is 35.2 Å². The Morgan fingerprint density at radius 3 is 2.65 bits per heavy atom. The van der Waals surface area contributed by atoms with Crippen molar-refractivity contribution < 1.29 is 9.13 Å². The molecule has 1 atom stereocenters. The van der Waals surface area contributed by atoms with Crippen molar-refractivity contribution >= 4 is 15.9 Å². The number of ether oxygens (including phenoxy) is 1. The third-order valence-corrected chi connectivity index (χ3v) is 3.51. The SMILES string of the molecule is CCCOc1ccccc1C(N)c1ccc(Br)cc1F. The Hall–Kier alpha value is -1.39. The van der Waals surface area contributed by atoms with Gasteiger partial charge in [0.2, 0.25) is 0 Å². The third-order valence-electron chi connectivity index (χ3n) is 3.01. The summed E-state index contributed by atoms with van der Waals surface area (Å²) < 4.78 is 20.4. The second-order valence-electron chi connectivity index (χ2n) is 4.53. The van der Waals surface area contributed by atoms with Gasteiger partial charge >= 0.3 is 0 Å².